The lowest BCUT2D eigenvalue weighted by Gasteiger charge is -2.18. The van der Waals surface area contributed by atoms with E-state index in [1.54, 1.807) is 7.11 Å². The predicted octanol–water partition coefficient (Wildman–Crippen LogP) is 3.23. The molecule has 2 heteroatoms. The van der Waals surface area contributed by atoms with Crippen molar-refractivity contribution in [3.8, 4) is 0 Å². The molecule has 0 radical (unpaired) electrons. The summed E-state index contributed by atoms with van der Waals surface area (Å²) in [5.74, 6) is 0. The van der Waals surface area contributed by atoms with E-state index in [0.29, 0.717) is 6.61 Å². The fourth-order valence-electron chi connectivity index (χ4n) is 1.39. The molecule has 0 amide bonds. The van der Waals surface area contributed by atoms with Crippen molar-refractivity contribution in [3.63, 3.8) is 0 Å². The van der Waals surface area contributed by atoms with E-state index in [0.717, 1.165) is 12.0 Å². The van der Waals surface area contributed by atoms with E-state index in [1.807, 2.05) is 24.3 Å². The molecule has 1 rings (SSSR count). The summed E-state index contributed by atoms with van der Waals surface area (Å²) in [6, 6.07) is 8.08. The first-order valence-electron chi connectivity index (χ1n) is 5.10. The molecule has 0 bridgehead atoms. The van der Waals surface area contributed by atoms with Gasteiger partial charge in [-0.15, -0.1) is 6.58 Å². The standard InChI is InChI=1S/C13H18O2/c1-4-5-10-15-13(14-3)12-9-7-6-8-11(12)2/h4,6-9,13H,1,5,10H2,2-3H3/t13-/m1/s1. The van der Waals surface area contributed by atoms with E-state index in [2.05, 4.69) is 19.6 Å². The van der Waals surface area contributed by atoms with Crippen LogP contribution in [0.1, 0.15) is 23.8 Å². The average molecular weight is 206 g/mol. The number of ether oxygens (including phenoxy) is 2. The Morgan fingerprint density at radius 3 is 2.73 bits per heavy atom. The van der Waals surface area contributed by atoms with E-state index in [1.165, 1.54) is 5.56 Å². The van der Waals surface area contributed by atoms with E-state index in [-0.39, 0.29) is 6.29 Å². The van der Waals surface area contributed by atoms with Crippen molar-refractivity contribution in [2.24, 2.45) is 0 Å². The van der Waals surface area contributed by atoms with Crippen LogP contribution in [0.4, 0.5) is 0 Å². The first kappa shape index (κ1) is 12.0. The van der Waals surface area contributed by atoms with Crippen molar-refractivity contribution in [2.75, 3.05) is 13.7 Å². The monoisotopic (exact) mass is 206 g/mol. The van der Waals surface area contributed by atoms with Gasteiger partial charge >= 0.3 is 0 Å². The van der Waals surface area contributed by atoms with Crippen LogP contribution in [0.25, 0.3) is 0 Å². The Bertz CT molecular complexity index is 307. The van der Waals surface area contributed by atoms with Crippen molar-refractivity contribution >= 4 is 0 Å². The fourth-order valence-corrected chi connectivity index (χ4v) is 1.39. The third-order valence-electron chi connectivity index (χ3n) is 2.25. The van der Waals surface area contributed by atoms with Crippen molar-refractivity contribution in [3.05, 3.63) is 48.0 Å². The van der Waals surface area contributed by atoms with Crippen LogP contribution in [0, 0.1) is 6.92 Å². The maximum Gasteiger partial charge on any atom is 0.183 e. The van der Waals surface area contributed by atoms with Crippen LogP contribution in [0.2, 0.25) is 0 Å². The second kappa shape index (κ2) is 6.38. The van der Waals surface area contributed by atoms with Crippen LogP contribution in [0.3, 0.4) is 0 Å². The highest BCUT2D eigenvalue weighted by molar-refractivity contribution is 5.26. The minimum absolute atomic E-state index is 0.272. The zero-order valence-electron chi connectivity index (χ0n) is 9.40. The van der Waals surface area contributed by atoms with Gasteiger partial charge in [0.1, 0.15) is 0 Å². The van der Waals surface area contributed by atoms with Crippen molar-refractivity contribution in [1.82, 2.24) is 0 Å². The maximum atomic E-state index is 5.61. The van der Waals surface area contributed by atoms with E-state index < -0.39 is 0 Å². The Kier molecular flexibility index (Phi) is 5.08. The first-order valence-corrected chi connectivity index (χ1v) is 5.10. The molecule has 0 aliphatic heterocycles. The molecule has 1 atom stereocenters. The van der Waals surface area contributed by atoms with Crippen LogP contribution in [-0.4, -0.2) is 13.7 Å². The van der Waals surface area contributed by atoms with Gasteiger partial charge in [-0.1, -0.05) is 30.3 Å². The lowest BCUT2D eigenvalue weighted by atomic mass is 10.1. The van der Waals surface area contributed by atoms with Crippen molar-refractivity contribution in [1.29, 1.82) is 0 Å². The first-order chi connectivity index (χ1) is 7.29. The normalized spacial score (nSPS) is 12.4. The SMILES string of the molecule is C=CCCO[C@@H](OC)c1ccccc1C. The molecular weight excluding hydrogens is 188 g/mol. The molecular formula is C13H18O2. The molecule has 0 saturated heterocycles. The lowest BCUT2D eigenvalue weighted by molar-refractivity contribution is -0.126. The Hall–Kier alpha value is -1.12. The number of rotatable bonds is 6. The summed E-state index contributed by atoms with van der Waals surface area (Å²) in [5, 5.41) is 0. The Morgan fingerprint density at radius 2 is 2.13 bits per heavy atom. The highest BCUT2D eigenvalue weighted by Crippen LogP contribution is 2.21. The highest BCUT2D eigenvalue weighted by atomic mass is 16.7. The van der Waals surface area contributed by atoms with E-state index in [9.17, 15) is 0 Å². The molecule has 0 aliphatic carbocycles. The Labute approximate surface area is 91.5 Å². The molecule has 2 nitrogen and oxygen atoms in total. The van der Waals surface area contributed by atoms with E-state index >= 15 is 0 Å². The molecule has 1 aromatic carbocycles. The molecule has 0 fully saturated rings. The van der Waals surface area contributed by atoms with Gasteiger partial charge in [-0.05, 0) is 18.9 Å². The van der Waals surface area contributed by atoms with Gasteiger partial charge in [-0.3, -0.25) is 0 Å². The number of aryl methyl sites for hydroxylation is 1. The van der Waals surface area contributed by atoms with Crippen LogP contribution in [0.5, 0.6) is 0 Å². The molecule has 0 unspecified atom stereocenters. The third-order valence-corrected chi connectivity index (χ3v) is 2.25. The molecule has 15 heavy (non-hydrogen) atoms. The summed E-state index contributed by atoms with van der Waals surface area (Å²) >= 11 is 0. The molecule has 0 spiro atoms. The van der Waals surface area contributed by atoms with Crippen molar-refractivity contribution in [2.45, 2.75) is 19.6 Å². The molecule has 0 aliphatic rings. The largest absolute Gasteiger partial charge is 0.352 e. The quantitative estimate of drug-likeness (QED) is 0.404. The summed E-state index contributed by atoms with van der Waals surface area (Å²) in [6.45, 7) is 6.34. The fraction of sp³-hybridized carbons (Fsp3) is 0.385. The van der Waals surface area contributed by atoms with E-state index in [4.69, 9.17) is 9.47 Å². The van der Waals surface area contributed by atoms with Gasteiger partial charge in [0.25, 0.3) is 0 Å². The van der Waals surface area contributed by atoms with Gasteiger partial charge in [-0.25, -0.2) is 0 Å². The molecule has 1 aromatic rings. The third kappa shape index (κ3) is 3.50. The average Bonchev–Trinajstić information content (AvgIpc) is 2.26. The smallest absolute Gasteiger partial charge is 0.183 e. The molecule has 0 heterocycles. The van der Waals surface area contributed by atoms with Crippen LogP contribution in [-0.2, 0) is 9.47 Å². The minimum Gasteiger partial charge on any atom is -0.352 e. The maximum absolute atomic E-state index is 5.61. The molecule has 0 N–H and O–H groups in total. The molecule has 0 saturated carbocycles. The molecule has 0 aromatic heterocycles. The summed E-state index contributed by atoms with van der Waals surface area (Å²) < 4.78 is 10.9. The Morgan fingerprint density at radius 1 is 1.40 bits per heavy atom. The predicted molar refractivity (Wildman–Crippen MR) is 61.7 cm³/mol. The lowest BCUT2D eigenvalue weighted by Crippen LogP contribution is -2.08. The van der Waals surface area contributed by atoms with Crippen molar-refractivity contribution < 1.29 is 9.47 Å². The Balaban J connectivity index is 2.65. The van der Waals surface area contributed by atoms with Gasteiger partial charge in [0.2, 0.25) is 0 Å². The number of benzene rings is 1. The summed E-state index contributed by atoms with van der Waals surface area (Å²) in [7, 11) is 1.66. The van der Waals surface area contributed by atoms with Crippen LogP contribution in [0.15, 0.2) is 36.9 Å². The highest BCUT2D eigenvalue weighted by Gasteiger charge is 2.11. The van der Waals surface area contributed by atoms with Gasteiger partial charge < -0.3 is 9.47 Å². The van der Waals surface area contributed by atoms with Gasteiger partial charge in [0.15, 0.2) is 6.29 Å². The minimum atomic E-state index is -0.272. The molecule has 82 valence electrons. The van der Waals surface area contributed by atoms with Gasteiger partial charge in [0.05, 0.1) is 6.61 Å². The zero-order chi connectivity index (χ0) is 11.1. The van der Waals surface area contributed by atoms with Crippen LogP contribution < -0.4 is 0 Å². The summed E-state index contributed by atoms with van der Waals surface area (Å²) in [6.07, 6.45) is 2.40. The van der Waals surface area contributed by atoms with Crippen LogP contribution >= 0.6 is 0 Å². The summed E-state index contributed by atoms with van der Waals surface area (Å²) in [4.78, 5) is 0. The second-order valence-electron chi connectivity index (χ2n) is 3.37. The summed E-state index contributed by atoms with van der Waals surface area (Å²) in [5.41, 5.74) is 2.27. The topological polar surface area (TPSA) is 18.5 Å². The second-order valence-corrected chi connectivity index (χ2v) is 3.37. The van der Waals surface area contributed by atoms with Gasteiger partial charge in [0, 0.05) is 12.7 Å². The van der Waals surface area contributed by atoms with Gasteiger partial charge in [-0.2, -0.15) is 0 Å². The zero-order valence-corrected chi connectivity index (χ0v) is 9.40. The number of methoxy groups -OCH3 is 1. The number of hydrogen-bond acceptors (Lipinski definition) is 2. The number of hydrogen-bond donors (Lipinski definition) is 0.